The first-order valence-corrected chi connectivity index (χ1v) is 6.23. The molecular weight excluding hydrogens is 238 g/mol. The van der Waals surface area contributed by atoms with E-state index in [1.165, 1.54) is 5.56 Å². The Balaban J connectivity index is 1.82. The molecule has 0 bridgehead atoms. The van der Waals surface area contributed by atoms with E-state index >= 15 is 0 Å². The zero-order valence-corrected chi connectivity index (χ0v) is 10.8. The molecule has 1 aliphatic heterocycles. The summed E-state index contributed by atoms with van der Waals surface area (Å²) in [6, 6.07) is 3.89. The maximum Gasteiger partial charge on any atom is 0.129 e. The lowest BCUT2D eigenvalue weighted by atomic mass is 10.2. The maximum atomic E-state index is 5.86. The topological polar surface area (TPSA) is 37.4 Å². The van der Waals surface area contributed by atoms with Gasteiger partial charge in [0.2, 0.25) is 0 Å². The van der Waals surface area contributed by atoms with Crippen LogP contribution in [0.1, 0.15) is 5.56 Å². The molecule has 0 aliphatic carbocycles. The smallest absolute Gasteiger partial charge is 0.129 e. The molecule has 0 amide bonds. The van der Waals surface area contributed by atoms with Crippen LogP contribution < -0.4 is 5.32 Å². The number of morpholine rings is 1. The van der Waals surface area contributed by atoms with Crippen molar-refractivity contribution < 1.29 is 4.74 Å². The van der Waals surface area contributed by atoms with Gasteiger partial charge in [0.1, 0.15) is 5.15 Å². The summed E-state index contributed by atoms with van der Waals surface area (Å²) in [6.07, 6.45) is 2.02. The molecule has 0 spiro atoms. The molecule has 4 nitrogen and oxygen atoms in total. The van der Waals surface area contributed by atoms with Crippen molar-refractivity contribution in [3.63, 3.8) is 0 Å². The standard InChI is InChI=1S/C12H18ClN3O/c1-16(9-11-7-14-4-5-17-11)8-10-2-3-15-12(13)6-10/h2-3,6,11,14H,4-5,7-9H2,1H3. The van der Waals surface area contributed by atoms with Gasteiger partial charge in [0.25, 0.3) is 0 Å². The van der Waals surface area contributed by atoms with E-state index in [0.29, 0.717) is 5.15 Å². The van der Waals surface area contributed by atoms with Gasteiger partial charge in [-0.05, 0) is 24.7 Å². The number of nitrogens with zero attached hydrogens (tertiary/aromatic N) is 2. The van der Waals surface area contributed by atoms with Crippen molar-refractivity contribution in [1.82, 2.24) is 15.2 Å². The fourth-order valence-electron chi connectivity index (χ4n) is 2.00. The number of nitrogens with one attached hydrogen (secondary N) is 1. The van der Waals surface area contributed by atoms with Crippen molar-refractivity contribution in [1.29, 1.82) is 0 Å². The number of likely N-dealkylation sites (N-methyl/N-ethyl adjacent to an activating group) is 1. The Labute approximate surface area is 107 Å². The van der Waals surface area contributed by atoms with Crippen LogP contribution in [0.25, 0.3) is 0 Å². The van der Waals surface area contributed by atoms with Gasteiger partial charge in [-0.3, -0.25) is 4.90 Å². The molecule has 0 saturated carbocycles. The largest absolute Gasteiger partial charge is 0.374 e. The molecule has 94 valence electrons. The number of hydrogen-bond donors (Lipinski definition) is 1. The number of halogens is 1. The maximum absolute atomic E-state index is 5.86. The van der Waals surface area contributed by atoms with Crippen LogP contribution in [0.15, 0.2) is 18.3 Å². The Morgan fingerprint density at radius 2 is 2.53 bits per heavy atom. The van der Waals surface area contributed by atoms with Gasteiger partial charge in [0.05, 0.1) is 12.7 Å². The molecule has 0 radical (unpaired) electrons. The first-order valence-electron chi connectivity index (χ1n) is 5.85. The van der Waals surface area contributed by atoms with Crippen molar-refractivity contribution in [2.45, 2.75) is 12.6 Å². The fraction of sp³-hybridized carbons (Fsp3) is 0.583. The predicted molar refractivity (Wildman–Crippen MR) is 68.2 cm³/mol. The predicted octanol–water partition coefficient (Wildman–Crippen LogP) is 1.16. The summed E-state index contributed by atoms with van der Waals surface area (Å²) >= 11 is 5.86. The van der Waals surface area contributed by atoms with Crippen LogP contribution in [0.5, 0.6) is 0 Å². The second-order valence-electron chi connectivity index (χ2n) is 4.38. The van der Waals surface area contributed by atoms with E-state index in [-0.39, 0.29) is 6.10 Å². The summed E-state index contributed by atoms with van der Waals surface area (Å²) in [5.41, 5.74) is 1.18. The van der Waals surface area contributed by atoms with Crippen LogP contribution in [0.4, 0.5) is 0 Å². The van der Waals surface area contributed by atoms with Crippen LogP contribution in [0.2, 0.25) is 5.15 Å². The highest BCUT2D eigenvalue weighted by Crippen LogP contribution is 2.09. The Morgan fingerprint density at radius 3 is 3.24 bits per heavy atom. The molecule has 2 heterocycles. The summed E-state index contributed by atoms with van der Waals surface area (Å²) in [6.45, 7) is 4.48. The second-order valence-corrected chi connectivity index (χ2v) is 4.77. The normalized spacial score (nSPS) is 20.8. The monoisotopic (exact) mass is 255 g/mol. The minimum Gasteiger partial charge on any atom is -0.374 e. The Kier molecular flexibility index (Phi) is 4.74. The van der Waals surface area contributed by atoms with E-state index in [9.17, 15) is 0 Å². The summed E-state index contributed by atoms with van der Waals surface area (Å²) in [5.74, 6) is 0. The summed E-state index contributed by atoms with van der Waals surface area (Å²) < 4.78 is 5.67. The first-order chi connectivity index (χ1) is 8.24. The number of ether oxygens (including phenoxy) is 1. The average Bonchev–Trinajstić information content (AvgIpc) is 2.30. The van der Waals surface area contributed by atoms with Gasteiger partial charge in [-0.2, -0.15) is 0 Å². The Morgan fingerprint density at radius 1 is 1.65 bits per heavy atom. The zero-order chi connectivity index (χ0) is 12.1. The SMILES string of the molecule is CN(Cc1ccnc(Cl)c1)CC1CNCCO1. The van der Waals surface area contributed by atoms with E-state index in [2.05, 4.69) is 22.2 Å². The van der Waals surface area contributed by atoms with Crippen molar-refractivity contribution in [2.75, 3.05) is 33.3 Å². The highest BCUT2D eigenvalue weighted by atomic mass is 35.5. The molecule has 1 aliphatic rings. The summed E-state index contributed by atoms with van der Waals surface area (Å²) in [5, 5.41) is 3.88. The van der Waals surface area contributed by atoms with Gasteiger partial charge in [-0.1, -0.05) is 11.6 Å². The third kappa shape index (κ3) is 4.24. The number of hydrogen-bond acceptors (Lipinski definition) is 4. The molecule has 1 fully saturated rings. The lowest BCUT2D eigenvalue weighted by molar-refractivity contribution is 0.00884. The number of rotatable bonds is 4. The third-order valence-corrected chi connectivity index (χ3v) is 2.97. The molecule has 1 unspecified atom stereocenters. The Hall–Kier alpha value is -0.680. The molecule has 1 aromatic rings. The van der Waals surface area contributed by atoms with Crippen LogP contribution >= 0.6 is 11.6 Å². The molecule has 17 heavy (non-hydrogen) atoms. The minimum atomic E-state index is 0.283. The molecule has 5 heteroatoms. The van der Waals surface area contributed by atoms with E-state index in [1.807, 2.05) is 12.1 Å². The number of pyridine rings is 1. The van der Waals surface area contributed by atoms with Gasteiger partial charge in [0, 0.05) is 32.4 Å². The lowest BCUT2D eigenvalue weighted by Crippen LogP contribution is -2.44. The quantitative estimate of drug-likeness (QED) is 0.820. The van der Waals surface area contributed by atoms with E-state index in [0.717, 1.165) is 32.8 Å². The molecule has 2 rings (SSSR count). The van der Waals surface area contributed by atoms with Crippen LogP contribution in [-0.2, 0) is 11.3 Å². The Bertz CT molecular complexity index is 355. The van der Waals surface area contributed by atoms with Crippen LogP contribution in [0, 0.1) is 0 Å². The van der Waals surface area contributed by atoms with Gasteiger partial charge >= 0.3 is 0 Å². The minimum absolute atomic E-state index is 0.283. The molecule has 1 aromatic heterocycles. The molecule has 0 aromatic carbocycles. The van der Waals surface area contributed by atoms with Crippen molar-refractivity contribution in [3.8, 4) is 0 Å². The zero-order valence-electron chi connectivity index (χ0n) is 10.0. The highest BCUT2D eigenvalue weighted by molar-refractivity contribution is 6.29. The molecule has 1 saturated heterocycles. The van der Waals surface area contributed by atoms with Gasteiger partial charge < -0.3 is 10.1 Å². The van der Waals surface area contributed by atoms with Gasteiger partial charge in [0.15, 0.2) is 0 Å². The van der Waals surface area contributed by atoms with Crippen molar-refractivity contribution >= 4 is 11.6 Å². The van der Waals surface area contributed by atoms with E-state index < -0.39 is 0 Å². The van der Waals surface area contributed by atoms with Crippen LogP contribution in [-0.4, -0.2) is 49.3 Å². The van der Waals surface area contributed by atoms with Gasteiger partial charge in [-0.15, -0.1) is 0 Å². The number of aromatic nitrogens is 1. The average molecular weight is 256 g/mol. The van der Waals surface area contributed by atoms with Crippen LogP contribution in [0.3, 0.4) is 0 Å². The van der Waals surface area contributed by atoms with E-state index in [4.69, 9.17) is 16.3 Å². The van der Waals surface area contributed by atoms with Crippen molar-refractivity contribution in [2.24, 2.45) is 0 Å². The first kappa shape index (κ1) is 12.8. The molecule has 1 atom stereocenters. The van der Waals surface area contributed by atoms with Gasteiger partial charge in [-0.25, -0.2) is 4.98 Å². The van der Waals surface area contributed by atoms with Crippen molar-refractivity contribution in [3.05, 3.63) is 29.0 Å². The lowest BCUT2D eigenvalue weighted by Gasteiger charge is -2.28. The highest BCUT2D eigenvalue weighted by Gasteiger charge is 2.15. The molecule has 1 N–H and O–H groups in total. The fourth-order valence-corrected chi connectivity index (χ4v) is 2.20. The van der Waals surface area contributed by atoms with E-state index in [1.54, 1.807) is 6.20 Å². The molecular formula is C12H18ClN3O. The second kappa shape index (κ2) is 6.31. The summed E-state index contributed by atoms with van der Waals surface area (Å²) in [7, 11) is 2.09. The third-order valence-electron chi connectivity index (χ3n) is 2.76. The summed E-state index contributed by atoms with van der Waals surface area (Å²) in [4.78, 5) is 6.21.